The van der Waals surface area contributed by atoms with Gasteiger partial charge in [0.25, 0.3) is 5.91 Å². The van der Waals surface area contributed by atoms with Gasteiger partial charge in [0.15, 0.2) is 0 Å². The fourth-order valence-electron chi connectivity index (χ4n) is 1.62. The van der Waals surface area contributed by atoms with Crippen molar-refractivity contribution in [3.63, 3.8) is 0 Å². The molecule has 0 saturated heterocycles. The monoisotopic (exact) mass is 270 g/mol. The van der Waals surface area contributed by atoms with Gasteiger partial charge in [-0.3, -0.25) is 4.79 Å². The molecule has 2 aromatic carbocycles. The summed E-state index contributed by atoms with van der Waals surface area (Å²) in [4.78, 5) is 12.1. The summed E-state index contributed by atoms with van der Waals surface area (Å²) in [6.07, 6.45) is 5.30. The number of benzene rings is 2. The fourth-order valence-corrected chi connectivity index (χ4v) is 1.79. The van der Waals surface area contributed by atoms with Gasteiger partial charge in [0.2, 0.25) is 0 Å². The maximum absolute atomic E-state index is 12.1. The third-order valence-corrected chi connectivity index (χ3v) is 2.91. The highest BCUT2D eigenvalue weighted by Crippen LogP contribution is 2.23. The quantitative estimate of drug-likeness (QED) is 0.651. The molecule has 0 aliphatic rings. The minimum Gasteiger partial charge on any atom is -0.397 e. The Morgan fingerprint density at radius 2 is 2.00 bits per heavy atom. The van der Waals surface area contributed by atoms with Crippen LogP contribution in [0.3, 0.4) is 0 Å². The van der Waals surface area contributed by atoms with Crippen molar-refractivity contribution in [1.82, 2.24) is 0 Å². The third kappa shape index (κ3) is 2.87. The Morgan fingerprint density at radius 1 is 1.26 bits per heavy atom. The highest BCUT2D eigenvalue weighted by Gasteiger charge is 2.11. The molecular formula is C15H11ClN2O. The Kier molecular flexibility index (Phi) is 3.74. The van der Waals surface area contributed by atoms with Crippen LogP contribution in [0.2, 0.25) is 5.02 Å². The smallest absolute Gasteiger partial charge is 0.257 e. The van der Waals surface area contributed by atoms with E-state index in [-0.39, 0.29) is 11.6 Å². The van der Waals surface area contributed by atoms with Gasteiger partial charge in [-0.2, -0.15) is 0 Å². The van der Waals surface area contributed by atoms with E-state index in [0.717, 1.165) is 0 Å². The van der Waals surface area contributed by atoms with Crippen LogP contribution in [-0.2, 0) is 0 Å². The lowest BCUT2D eigenvalue weighted by Gasteiger charge is -2.08. The van der Waals surface area contributed by atoms with Crippen LogP contribution in [0, 0.1) is 12.3 Å². The van der Waals surface area contributed by atoms with Gasteiger partial charge >= 0.3 is 0 Å². The van der Waals surface area contributed by atoms with E-state index in [1.165, 1.54) is 0 Å². The number of hydrogen-bond donors (Lipinski definition) is 2. The van der Waals surface area contributed by atoms with Crippen molar-refractivity contribution >= 4 is 28.9 Å². The van der Waals surface area contributed by atoms with Crippen LogP contribution >= 0.6 is 11.6 Å². The highest BCUT2D eigenvalue weighted by molar-refractivity contribution is 6.34. The van der Waals surface area contributed by atoms with Gasteiger partial charge in [0.1, 0.15) is 0 Å². The lowest BCUT2D eigenvalue weighted by molar-refractivity contribution is 0.102. The van der Waals surface area contributed by atoms with Crippen LogP contribution in [-0.4, -0.2) is 5.91 Å². The van der Waals surface area contributed by atoms with Crippen LogP contribution < -0.4 is 11.1 Å². The first-order valence-electron chi connectivity index (χ1n) is 5.54. The normalized spacial score (nSPS) is 9.68. The molecule has 94 valence electrons. The first-order valence-corrected chi connectivity index (χ1v) is 5.91. The molecule has 0 heterocycles. The van der Waals surface area contributed by atoms with E-state index in [1.54, 1.807) is 42.5 Å². The maximum atomic E-state index is 12.1. The largest absolute Gasteiger partial charge is 0.397 e. The van der Waals surface area contributed by atoms with Crippen molar-refractivity contribution in [2.75, 3.05) is 11.1 Å². The summed E-state index contributed by atoms with van der Waals surface area (Å²) in [5.41, 5.74) is 7.66. The summed E-state index contributed by atoms with van der Waals surface area (Å²) < 4.78 is 0. The van der Waals surface area contributed by atoms with Gasteiger partial charge < -0.3 is 11.1 Å². The van der Waals surface area contributed by atoms with Crippen molar-refractivity contribution in [3.05, 3.63) is 58.6 Å². The van der Waals surface area contributed by atoms with Crippen molar-refractivity contribution in [2.24, 2.45) is 0 Å². The SMILES string of the molecule is C#Cc1cccc(NC(=O)c2cccc(Cl)c2N)c1. The highest BCUT2D eigenvalue weighted by atomic mass is 35.5. The minimum absolute atomic E-state index is 0.259. The number of amides is 1. The zero-order valence-electron chi connectivity index (χ0n) is 9.98. The van der Waals surface area contributed by atoms with E-state index in [4.69, 9.17) is 23.8 Å². The Hall–Kier alpha value is -2.44. The van der Waals surface area contributed by atoms with Crippen LogP contribution in [0.5, 0.6) is 0 Å². The summed E-state index contributed by atoms with van der Waals surface area (Å²) in [5.74, 6) is 2.18. The van der Waals surface area contributed by atoms with Gasteiger partial charge in [0, 0.05) is 11.3 Å². The number of para-hydroxylation sites is 1. The molecule has 0 atom stereocenters. The van der Waals surface area contributed by atoms with Gasteiger partial charge in [-0.1, -0.05) is 29.7 Å². The fraction of sp³-hybridized carbons (Fsp3) is 0. The topological polar surface area (TPSA) is 55.1 Å². The number of nitrogens with one attached hydrogen (secondary N) is 1. The number of anilines is 2. The Labute approximate surface area is 116 Å². The zero-order valence-corrected chi connectivity index (χ0v) is 10.7. The third-order valence-electron chi connectivity index (χ3n) is 2.58. The summed E-state index contributed by atoms with van der Waals surface area (Å²) in [5, 5.41) is 3.08. The van der Waals surface area contributed by atoms with E-state index < -0.39 is 0 Å². The molecule has 3 N–H and O–H groups in total. The molecule has 0 unspecified atom stereocenters. The molecule has 1 amide bonds. The van der Waals surface area contributed by atoms with Gasteiger partial charge in [-0.15, -0.1) is 6.42 Å². The van der Waals surface area contributed by atoms with E-state index in [9.17, 15) is 4.79 Å². The molecule has 2 aromatic rings. The Balaban J connectivity index is 2.26. The second-order valence-electron chi connectivity index (χ2n) is 3.88. The first kappa shape index (κ1) is 13.0. The number of hydrogen-bond acceptors (Lipinski definition) is 2. The summed E-state index contributed by atoms with van der Waals surface area (Å²) in [7, 11) is 0. The number of terminal acetylenes is 1. The van der Waals surface area contributed by atoms with Gasteiger partial charge in [0.05, 0.1) is 16.3 Å². The van der Waals surface area contributed by atoms with Crippen molar-refractivity contribution < 1.29 is 4.79 Å². The predicted octanol–water partition coefficient (Wildman–Crippen LogP) is 3.16. The molecule has 0 spiro atoms. The number of carbonyl (C=O) groups is 1. The molecule has 0 radical (unpaired) electrons. The molecule has 0 fully saturated rings. The molecule has 19 heavy (non-hydrogen) atoms. The number of nitrogen functional groups attached to an aromatic ring is 1. The molecule has 4 heteroatoms. The van der Waals surface area contributed by atoms with Crippen LogP contribution in [0.1, 0.15) is 15.9 Å². The summed E-state index contributed by atoms with van der Waals surface area (Å²) in [6, 6.07) is 11.9. The van der Waals surface area contributed by atoms with Crippen molar-refractivity contribution in [3.8, 4) is 12.3 Å². The lowest BCUT2D eigenvalue weighted by atomic mass is 10.1. The molecule has 0 bridgehead atoms. The first-order chi connectivity index (χ1) is 9.11. The second kappa shape index (κ2) is 5.47. The molecule has 0 aromatic heterocycles. The standard InChI is InChI=1S/C15H11ClN2O/c1-2-10-5-3-6-11(9-10)18-15(19)12-7-4-8-13(16)14(12)17/h1,3-9H,17H2,(H,18,19). The second-order valence-corrected chi connectivity index (χ2v) is 4.29. The van der Waals surface area contributed by atoms with Crippen molar-refractivity contribution in [2.45, 2.75) is 0 Å². The number of halogens is 1. The van der Waals surface area contributed by atoms with Gasteiger partial charge in [-0.05, 0) is 30.3 Å². The average molecular weight is 271 g/mol. The van der Waals surface area contributed by atoms with Crippen molar-refractivity contribution in [1.29, 1.82) is 0 Å². The summed E-state index contributed by atoms with van der Waals surface area (Å²) in [6.45, 7) is 0. The van der Waals surface area contributed by atoms with E-state index in [2.05, 4.69) is 11.2 Å². The molecule has 3 nitrogen and oxygen atoms in total. The summed E-state index contributed by atoms with van der Waals surface area (Å²) >= 11 is 5.88. The van der Waals surface area contributed by atoms with E-state index in [1.807, 2.05) is 0 Å². The predicted molar refractivity (Wildman–Crippen MR) is 78.2 cm³/mol. The van der Waals surface area contributed by atoms with Crippen LogP contribution in [0.4, 0.5) is 11.4 Å². The number of nitrogens with two attached hydrogens (primary N) is 1. The van der Waals surface area contributed by atoms with Crippen LogP contribution in [0.25, 0.3) is 0 Å². The zero-order chi connectivity index (χ0) is 13.8. The average Bonchev–Trinajstić information content (AvgIpc) is 2.42. The molecule has 2 rings (SSSR count). The number of rotatable bonds is 2. The molecular weight excluding hydrogens is 260 g/mol. The maximum Gasteiger partial charge on any atom is 0.257 e. The molecule has 0 saturated carbocycles. The molecule has 0 aliphatic heterocycles. The minimum atomic E-state index is -0.325. The van der Waals surface area contributed by atoms with Gasteiger partial charge in [-0.25, -0.2) is 0 Å². The molecule has 0 aliphatic carbocycles. The lowest BCUT2D eigenvalue weighted by Crippen LogP contribution is -2.14. The van der Waals surface area contributed by atoms with E-state index in [0.29, 0.717) is 21.8 Å². The van der Waals surface area contributed by atoms with Crippen LogP contribution in [0.15, 0.2) is 42.5 Å². The number of carbonyl (C=O) groups excluding carboxylic acids is 1. The van der Waals surface area contributed by atoms with E-state index >= 15 is 0 Å². The Morgan fingerprint density at radius 3 is 2.74 bits per heavy atom. The Bertz CT molecular complexity index is 674.